The zero-order valence-electron chi connectivity index (χ0n) is 19.2. The van der Waals surface area contributed by atoms with Gasteiger partial charge in [0.05, 0.1) is 0 Å². The average molecular weight is 449 g/mol. The van der Waals surface area contributed by atoms with Gasteiger partial charge in [-0.25, -0.2) is 0 Å². The lowest BCUT2D eigenvalue weighted by Crippen LogP contribution is -2.31. The predicted molar refractivity (Wildman–Crippen MR) is 124 cm³/mol. The summed E-state index contributed by atoms with van der Waals surface area (Å²) >= 11 is 0. The second-order valence-corrected chi connectivity index (χ2v) is 9.67. The SMILES string of the molecule is O=C(CCn1c2c(c3ccccc31)CCCC2)N1CCCC1c1nc(C2CCOCC2)no1. The minimum absolute atomic E-state index is 0.0890. The molecule has 6 rings (SSSR count). The Morgan fingerprint density at radius 2 is 1.91 bits per heavy atom. The molecule has 1 amide bonds. The van der Waals surface area contributed by atoms with Crippen molar-refractivity contribution >= 4 is 16.8 Å². The van der Waals surface area contributed by atoms with Gasteiger partial charge in [0.2, 0.25) is 11.8 Å². The molecule has 2 fully saturated rings. The van der Waals surface area contributed by atoms with Crippen molar-refractivity contribution in [3.8, 4) is 0 Å². The van der Waals surface area contributed by atoms with Gasteiger partial charge in [0, 0.05) is 55.2 Å². The highest BCUT2D eigenvalue weighted by atomic mass is 16.5. The molecule has 3 aliphatic rings. The zero-order valence-corrected chi connectivity index (χ0v) is 19.2. The van der Waals surface area contributed by atoms with Gasteiger partial charge in [0.25, 0.3) is 0 Å². The Morgan fingerprint density at radius 1 is 1.06 bits per heavy atom. The van der Waals surface area contributed by atoms with E-state index in [1.807, 2.05) is 4.90 Å². The van der Waals surface area contributed by atoms with Crippen LogP contribution >= 0.6 is 0 Å². The third kappa shape index (κ3) is 3.86. The van der Waals surface area contributed by atoms with Gasteiger partial charge >= 0.3 is 0 Å². The summed E-state index contributed by atoms with van der Waals surface area (Å²) in [5.74, 6) is 1.87. The van der Waals surface area contributed by atoms with Gasteiger partial charge in [-0.2, -0.15) is 4.98 Å². The van der Waals surface area contributed by atoms with Crippen LogP contribution in [0, 0.1) is 0 Å². The Hall–Kier alpha value is -2.67. The molecule has 2 aliphatic heterocycles. The highest BCUT2D eigenvalue weighted by Gasteiger charge is 2.35. The molecular weight excluding hydrogens is 416 g/mol. The number of aromatic nitrogens is 3. The number of benzene rings is 1. The maximum absolute atomic E-state index is 13.3. The first-order chi connectivity index (χ1) is 16.3. The van der Waals surface area contributed by atoms with E-state index >= 15 is 0 Å². The van der Waals surface area contributed by atoms with Crippen LogP contribution in [0.25, 0.3) is 10.9 Å². The Bertz CT molecular complexity index is 1140. The molecule has 1 atom stereocenters. The number of hydrogen-bond acceptors (Lipinski definition) is 5. The molecule has 0 spiro atoms. The lowest BCUT2D eigenvalue weighted by atomic mass is 9.95. The monoisotopic (exact) mass is 448 g/mol. The van der Waals surface area contributed by atoms with Gasteiger partial charge in [-0.15, -0.1) is 0 Å². The Morgan fingerprint density at radius 3 is 2.82 bits per heavy atom. The third-order valence-electron chi connectivity index (χ3n) is 7.74. The van der Waals surface area contributed by atoms with Crippen LogP contribution in [0.3, 0.4) is 0 Å². The van der Waals surface area contributed by atoms with Crippen LogP contribution in [0.5, 0.6) is 0 Å². The minimum atomic E-state index is -0.0890. The fourth-order valence-corrected chi connectivity index (χ4v) is 6.02. The van der Waals surface area contributed by atoms with Crippen molar-refractivity contribution in [1.29, 1.82) is 0 Å². The normalized spacial score (nSPS) is 21.6. The third-order valence-corrected chi connectivity index (χ3v) is 7.74. The van der Waals surface area contributed by atoms with Crippen molar-refractivity contribution in [1.82, 2.24) is 19.6 Å². The average Bonchev–Trinajstić information content (AvgIpc) is 3.61. The second kappa shape index (κ2) is 8.93. The molecule has 7 heteroatoms. The fraction of sp³-hybridized carbons (Fsp3) is 0.577. The van der Waals surface area contributed by atoms with Crippen molar-refractivity contribution in [2.45, 2.75) is 76.3 Å². The molecule has 174 valence electrons. The van der Waals surface area contributed by atoms with E-state index in [0.717, 1.165) is 70.7 Å². The Kier molecular flexibility index (Phi) is 5.66. The van der Waals surface area contributed by atoms with Crippen LogP contribution in [-0.4, -0.2) is 45.3 Å². The van der Waals surface area contributed by atoms with Gasteiger partial charge in [0.15, 0.2) is 5.82 Å². The summed E-state index contributed by atoms with van der Waals surface area (Å²) in [7, 11) is 0. The number of hydrogen-bond donors (Lipinski definition) is 0. The van der Waals surface area contributed by atoms with Gasteiger partial charge < -0.3 is 18.7 Å². The molecule has 1 aromatic carbocycles. The van der Waals surface area contributed by atoms with E-state index in [9.17, 15) is 4.79 Å². The van der Waals surface area contributed by atoms with E-state index in [-0.39, 0.29) is 11.9 Å². The maximum Gasteiger partial charge on any atom is 0.249 e. The number of para-hydroxylation sites is 1. The van der Waals surface area contributed by atoms with E-state index in [0.29, 0.717) is 18.2 Å². The largest absolute Gasteiger partial charge is 0.381 e. The molecule has 3 aromatic rings. The van der Waals surface area contributed by atoms with Gasteiger partial charge in [-0.3, -0.25) is 4.79 Å². The van der Waals surface area contributed by atoms with Crippen molar-refractivity contribution in [3.05, 3.63) is 47.2 Å². The Labute approximate surface area is 194 Å². The predicted octanol–water partition coefficient (Wildman–Crippen LogP) is 4.55. The van der Waals surface area contributed by atoms with Gasteiger partial charge in [-0.1, -0.05) is 23.4 Å². The number of rotatable bonds is 5. The molecule has 0 bridgehead atoms. The summed E-state index contributed by atoms with van der Waals surface area (Å²) in [4.78, 5) is 20.0. The molecule has 0 N–H and O–H groups in total. The Balaban J connectivity index is 1.18. The molecule has 0 saturated carbocycles. The molecule has 0 radical (unpaired) electrons. The first-order valence-corrected chi connectivity index (χ1v) is 12.6. The lowest BCUT2D eigenvalue weighted by molar-refractivity contribution is -0.132. The lowest BCUT2D eigenvalue weighted by Gasteiger charge is -2.23. The summed E-state index contributed by atoms with van der Waals surface area (Å²) in [6.45, 7) is 3.00. The molecule has 2 aromatic heterocycles. The van der Waals surface area contributed by atoms with E-state index in [1.54, 1.807) is 0 Å². The number of aryl methyl sites for hydroxylation is 2. The molecule has 1 unspecified atom stereocenters. The highest BCUT2D eigenvalue weighted by Crippen LogP contribution is 2.35. The van der Waals surface area contributed by atoms with Gasteiger partial charge in [-0.05, 0) is 63.0 Å². The number of nitrogens with zero attached hydrogens (tertiary/aromatic N) is 4. The number of likely N-dealkylation sites (tertiary alicyclic amines) is 1. The van der Waals surface area contributed by atoms with Crippen molar-refractivity contribution in [2.75, 3.05) is 19.8 Å². The molecule has 2 saturated heterocycles. The minimum Gasteiger partial charge on any atom is -0.381 e. The molecule has 7 nitrogen and oxygen atoms in total. The number of carbonyl (C=O) groups is 1. The first kappa shape index (κ1) is 20.9. The number of carbonyl (C=O) groups excluding carboxylic acids is 1. The quantitative estimate of drug-likeness (QED) is 0.572. The van der Waals surface area contributed by atoms with E-state index in [4.69, 9.17) is 14.2 Å². The van der Waals surface area contributed by atoms with Crippen LogP contribution in [0.1, 0.15) is 79.9 Å². The summed E-state index contributed by atoms with van der Waals surface area (Å²) in [5.41, 5.74) is 4.20. The highest BCUT2D eigenvalue weighted by molar-refractivity contribution is 5.86. The van der Waals surface area contributed by atoms with E-state index < -0.39 is 0 Å². The fourth-order valence-electron chi connectivity index (χ4n) is 6.02. The van der Waals surface area contributed by atoms with Crippen LogP contribution < -0.4 is 0 Å². The zero-order chi connectivity index (χ0) is 22.2. The van der Waals surface area contributed by atoms with Crippen molar-refractivity contribution < 1.29 is 14.1 Å². The summed E-state index contributed by atoms with van der Waals surface area (Å²) in [5, 5.41) is 5.63. The standard InChI is InChI=1S/C26H32N4O3/c31-24(11-15-29-21-8-3-1-6-19(21)20-7-2-4-9-22(20)29)30-14-5-10-23(30)26-27-25(28-33-26)18-12-16-32-17-13-18/h1,3,6,8,18,23H,2,4-5,7,9-17H2. The van der Waals surface area contributed by atoms with Crippen LogP contribution in [0.15, 0.2) is 28.8 Å². The smallest absolute Gasteiger partial charge is 0.249 e. The molecule has 33 heavy (non-hydrogen) atoms. The van der Waals surface area contributed by atoms with Crippen LogP contribution in [0.2, 0.25) is 0 Å². The number of ether oxygens (including phenoxy) is 1. The summed E-state index contributed by atoms with van der Waals surface area (Å²) in [6, 6.07) is 8.58. The maximum atomic E-state index is 13.3. The van der Waals surface area contributed by atoms with Crippen molar-refractivity contribution in [2.24, 2.45) is 0 Å². The number of fused-ring (bicyclic) bond motifs is 3. The van der Waals surface area contributed by atoms with E-state index in [2.05, 4.69) is 34.0 Å². The second-order valence-electron chi connectivity index (χ2n) is 9.67. The van der Waals surface area contributed by atoms with Crippen LogP contribution in [0.4, 0.5) is 0 Å². The number of amides is 1. The molecule has 4 heterocycles. The van der Waals surface area contributed by atoms with E-state index in [1.165, 1.54) is 35.0 Å². The summed E-state index contributed by atoms with van der Waals surface area (Å²) in [6.07, 6.45) is 8.99. The van der Waals surface area contributed by atoms with Gasteiger partial charge in [0.1, 0.15) is 6.04 Å². The summed E-state index contributed by atoms with van der Waals surface area (Å²) < 4.78 is 13.5. The molecule has 1 aliphatic carbocycles. The topological polar surface area (TPSA) is 73.4 Å². The first-order valence-electron chi connectivity index (χ1n) is 12.6. The van der Waals surface area contributed by atoms with Crippen LogP contribution in [-0.2, 0) is 28.9 Å². The molecular formula is C26H32N4O3. The van der Waals surface area contributed by atoms with Crippen molar-refractivity contribution in [3.63, 3.8) is 0 Å².